The summed E-state index contributed by atoms with van der Waals surface area (Å²) in [5.74, 6) is 0.907. The van der Waals surface area contributed by atoms with Gasteiger partial charge in [0.2, 0.25) is 5.91 Å². The van der Waals surface area contributed by atoms with E-state index in [9.17, 15) is 18.0 Å². The molecule has 0 bridgehead atoms. The average molecular weight is 379 g/mol. The summed E-state index contributed by atoms with van der Waals surface area (Å²) in [5, 5.41) is 2.87. The lowest BCUT2D eigenvalue weighted by molar-refractivity contribution is -0.137. The van der Waals surface area contributed by atoms with Crippen molar-refractivity contribution in [1.82, 2.24) is 5.32 Å². The Morgan fingerprint density at radius 1 is 1.11 bits per heavy atom. The zero-order valence-electron chi connectivity index (χ0n) is 15.0. The molecule has 2 unspecified atom stereocenters. The smallest absolute Gasteiger partial charge is 0.416 e. The summed E-state index contributed by atoms with van der Waals surface area (Å²) in [6.45, 7) is 0.308. The molecule has 2 aromatic rings. The van der Waals surface area contributed by atoms with E-state index in [1.165, 1.54) is 12.1 Å². The standard InChI is InChI=1S/C20H20F3NO3/c1-26-15-8-5-13(18(9-15)27-2)11-24-19(25)17-10-16(17)12-3-6-14(7-4-12)20(21,22)23/h3-9,16-17H,10-11H2,1-2H3,(H,24,25). The number of halogens is 3. The van der Waals surface area contributed by atoms with Crippen molar-refractivity contribution in [2.24, 2.45) is 5.92 Å². The van der Waals surface area contributed by atoms with Gasteiger partial charge in [0.1, 0.15) is 11.5 Å². The van der Waals surface area contributed by atoms with Crippen LogP contribution in [0.1, 0.15) is 29.0 Å². The van der Waals surface area contributed by atoms with Gasteiger partial charge >= 0.3 is 6.18 Å². The number of rotatable bonds is 6. The summed E-state index contributed by atoms with van der Waals surface area (Å²) in [6.07, 6.45) is -3.72. The minimum atomic E-state index is -4.35. The number of hydrogen-bond acceptors (Lipinski definition) is 3. The van der Waals surface area contributed by atoms with E-state index in [2.05, 4.69) is 5.32 Å². The monoisotopic (exact) mass is 379 g/mol. The summed E-state index contributed by atoms with van der Waals surface area (Å²) in [6, 6.07) is 10.4. The molecule has 0 radical (unpaired) electrons. The lowest BCUT2D eigenvalue weighted by atomic mass is 10.1. The fourth-order valence-electron chi connectivity index (χ4n) is 3.08. The van der Waals surface area contributed by atoms with Crippen molar-refractivity contribution < 1.29 is 27.4 Å². The minimum absolute atomic E-state index is 0.0370. The van der Waals surface area contributed by atoms with E-state index in [0.717, 1.165) is 23.3 Å². The van der Waals surface area contributed by atoms with Gasteiger partial charge in [-0.3, -0.25) is 4.79 Å². The molecule has 2 aromatic carbocycles. The maximum absolute atomic E-state index is 12.6. The molecule has 0 heterocycles. The van der Waals surface area contributed by atoms with Gasteiger partial charge in [-0.15, -0.1) is 0 Å². The molecule has 1 fully saturated rings. The van der Waals surface area contributed by atoms with Gasteiger partial charge in [-0.1, -0.05) is 12.1 Å². The number of ether oxygens (including phenoxy) is 2. The van der Waals surface area contributed by atoms with Crippen molar-refractivity contribution in [1.29, 1.82) is 0 Å². The van der Waals surface area contributed by atoms with Gasteiger partial charge in [0.15, 0.2) is 0 Å². The molecule has 7 heteroatoms. The third-order valence-electron chi connectivity index (χ3n) is 4.74. The maximum Gasteiger partial charge on any atom is 0.416 e. The quantitative estimate of drug-likeness (QED) is 0.821. The molecule has 2 atom stereocenters. The van der Waals surface area contributed by atoms with E-state index in [-0.39, 0.29) is 17.7 Å². The van der Waals surface area contributed by atoms with E-state index in [1.807, 2.05) is 6.07 Å². The number of amides is 1. The van der Waals surface area contributed by atoms with Gasteiger partial charge in [0.25, 0.3) is 0 Å². The number of hydrogen-bond donors (Lipinski definition) is 1. The number of carbonyl (C=O) groups excluding carboxylic acids is 1. The predicted molar refractivity (Wildman–Crippen MR) is 93.7 cm³/mol. The number of nitrogens with one attached hydrogen (secondary N) is 1. The Morgan fingerprint density at radius 2 is 1.81 bits per heavy atom. The van der Waals surface area contributed by atoms with Crippen LogP contribution in [0.2, 0.25) is 0 Å². The molecule has 0 spiro atoms. The van der Waals surface area contributed by atoms with Gasteiger partial charge in [0.05, 0.1) is 19.8 Å². The van der Waals surface area contributed by atoms with Gasteiger partial charge in [0, 0.05) is 24.1 Å². The molecule has 144 valence electrons. The first-order valence-corrected chi connectivity index (χ1v) is 8.49. The van der Waals surface area contributed by atoms with E-state index in [0.29, 0.717) is 24.5 Å². The van der Waals surface area contributed by atoms with Crippen LogP contribution in [0.25, 0.3) is 0 Å². The van der Waals surface area contributed by atoms with Gasteiger partial charge in [-0.25, -0.2) is 0 Å². The molecular weight excluding hydrogens is 359 g/mol. The van der Waals surface area contributed by atoms with E-state index in [4.69, 9.17) is 9.47 Å². The van der Waals surface area contributed by atoms with Crippen LogP contribution in [-0.2, 0) is 17.5 Å². The second-order valence-electron chi connectivity index (χ2n) is 6.46. The fraction of sp³-hybridized carbons (Fsp3) is 0.350. The first-order chi connectivity index (χ1) is 12.8. The van der Waals surface area contributed by atoms with Crippen molar-refractivity contribution in [2.45, 2.75) is 25.1 Å². The highest BCUT2D eigenvalue weighted by Gasteiger charge is 2.44. The molecule has 1 amide bonds. The summed E-state index contributed by atoms with van der Waals surface area (Å²) in [4.78, 5) is 12.4. The van der Waals surface area contributed by atoms with Crippen molar-refractivity contribution in [3.8, 4) is 11.5 Å². The highest BCUT2D eigenvalue weighted by molar-refractivity contribution is 5.83. The van der Waals surface area contributed by atoms with Gasteiger partial charge < -0.3 is 14.8 Å². The Morgan fingerprint density at radius 3 is 2.41 bits per heavy atom. The molecule has 1 aliphatic carbocycles. The van der Waals surface area contributed by atoms with Crippen LogP contribution in [0.5, 0.6) is 11.5 Å². The predicted octanol–water partition coefficient (Wildman–Crippen LogP) is 4.14. The zero-order chi connectivity index (χ0) is 19.6. The van der Waals surface area contributed by atoms with Crippen LogP contribution in [0.3, 0.4) is 0 Å². The lowest BCUT2D eigenvalue weighted by Crippen LogP contribution is -2.25. The molecule has 4 nitrogen and oxygen atoms in total. The van der Waals surface area contributed by atoms with E-state index < -0.39 is 11.7 Å². The summed E-state index contributed by atoms with van der Waals surface area (Å²) in [5.41, 5.74) is 0.892. The Kier molecular flexibility index (Phi) is 5.30. The Balaban J connectivity index is 1.58. The normalized spacial score (nSPS) is 18.7. The number of alkyl halides is 3. The third-order valence-corrected chi connectivity index (χ3v) is 4.74. The molecule has 1 N–H and O–H groups in total. The first-order valence-electron chi connectivity index (χ1n) is 8.49. The van der Waals surface area contributed by atoms with Crippen molar-refractivity contribution in [3.63, 3.8) is 0 Å². The van der Waals surface area contributed by atoms with Crippen LogP contribution in [-0.4, -0.2) is 20.1 Å². The fourth-order valence-corrected chi connectivity index (χ4v) is 3.08. The third kappa shape index (κ3) is 4.35. The molecule has 0 saturated heterocycles. The van der Waals surface area contributed by atoms with Crippen molar-refractivity contribution in [3.05, 3.63) is 59.2 Å². The SMILES string of the molecule is COc1ccc(CNC(=O)C2CC2c2ccc(C(F)(F)F)cc2)c(OC)c1. The van der Waals surface area contributed by atoms with Crippen LogP contribution in [0, 0.1) is 5.92 Å². The van der Waals surface area contributed by atoms with Crippen LogP contribution >= 0.6 is 0 Å². The number of benzene rings is 2. The topological polar surface area (TPSA) is 47.6 Å². The molecule has 27 heavy (non-hydrogen) atoms. The number of methoxy groups -OCH3 is 2. The van der Waals surface area contributed by atoms with Crippen LogP contribution in [0.4, 0.5) is 13.2 Å². The Labute approximate surface area is 155 Å². The summed E-state index contributed by atoms with van der Waals surface area (Å²) < 4.78 is 48.3. The highest BCUT2D eigenvalue weighted by Crippen LogP contribution is 2.48. The van der Waals surface area contributed by atoms with Crippen molar-refractivity contribution in [2.75, 3.05) is 14.2 Å². The zero-order valence-corrected chi connectivity index (χ0v) is 15.0. The van der Waals surface area contributed by atoms with Gasteiger partial charge in [-0.05, 0) is 42.2 Å². The maximum atomic E-state index is 12.6. The lowest BCUT2D eigenvalue weighted by Gasteiger charge is -2.11. The molecule has 1 aliphatic rings. The molecule has 3 rings (SSSR count). The molecular formula is C20H20F3NO3. The van der Waals surface area contributed by atoms with Gasteiger partial charge in [-0.2, -0.15) is 13.2 Å². The van der Waals surface area contributed by atoms with E-state index in [1.54, 1.807) is 26.4 Å². The van der Waals surface area contributed by atoms with Crippen LogP contribution in [0.15, 0.2) is 42.5 Å². The summed E-state index contributed by atoms with van der Waals surface area (Å²) >= 11 is 0. The molecule has 1 saturated carbocycles. The van der Waals surface area contributed by atoms with Crippen molar-refractivity contribution >= 4 is 5.91 Å². The Hall–Kier alpha value is -2.70. The van der Waals surface area contributed by atoms with E-state index >= 15 is 0 Å². The number of carbonyl (C=O) groups is 1. The second kappa shape index (κ2) is 7.50. The van der Waals surface area contributed by atoms with Crippen LogP contribution < -0.4 is 14.8 Å². The average Bonchev–Trinajstić information content (AvgIpc) is 3.46. The second-order valence-corrected chi connectivity index (χ2v) is 6.46. The first kappa shape index (κ1) is 19.1. The molecule has 0 aromatic heterocycles. The minimum Gasteiger partial charge on any atom is -0.497 e. The highest BCUT2D eigenvalue weighted by atomic mass is 19.4. The Bertz CT molecular complexity index is 818. The largest absolute Gasteiger partial charge is 0.497 e. The molecule has 0 aliphatic heterocycles. The summed E-state index contributed by atoms with van der Waals surface area (Å²) in [7, 11) is 3.10.